The van der Waals surface area contributed by atoms with Crippen LogP contribution in [0.15, 0.2) is 35.5 Å². The third-order valence-corrected chi connectivity index (χ3v) is 19.9. The van der Waals surface area contributed by atoms with Gasteiger partial charge in [-0.05, 0) is 152 Å². The van der Waals surface area contributed by atoms with Crippen LogP contribution in [0.3, 0.4) is 0 Å². The van der Waals surface area contributed by atoms with Crippen molar-refractivity contribution in [1.29, 1.82) is 0 Å². The van der Waals surface area contributed by atoms with Crippen molar-refractivity contribution in [2.45, 2.75) is 131 Å². The number of nitrogens with one attached hydrogen (secondary N) is 1. The van der Waals surface area contributed by atoms with Crippen LogP contribution >= 0.6 is 0 Å². The normalized spacial score (nSPS) is 46.4. The molecule has 6 aliphatic carbocycles. The predicted octanol–water partition coefficient (Wildman–Crippen LogP) is 9.04. The van der Waals surface area contributed by atoms with E-state index in [-0.39, 0.29) is 45.3 Å². The molecule has 0 amide bonds. The fourth-order valence-electron chi connectivity index (χ4n) is 15.2. The number of carboxylic acids is 1. The van der Waals surface area contributed by atoms with Gasteiger partial charge in [-0.1, -0.05) is 65.8 Å². The molecule has 8 heteroatoms. The first-order valence-corrected chi connectivity index (χ1v) is 23.1. The molecule has 5 fully saturated rings. The Morgan fingerprint density at radius 3 is 2.40 bits per heavy atom. The van der Waals surface area contributed by atoms with E-state index in [0.717, 1.165) is 26.1 Å². The first kappa shape index (κ1) is 39.7. The topological polar surface area (TPSA) is 86.7 Å². The summed E-state index contributed by atoms with van der Waals surface area (Å²) >= 11 is 0. The van der Waals surface area contributed by atoms with Gasteiger partial charge in [-0.2, -0.15) is 0 Å². The van der Waals surface area contributed by atoms with Gasteiger partial charge < -0.3 is 15.3 Å². The highest BCUT2D eigenvalue weighted by molar-refractivity contribution is 7.91. The van der Waals surface area contributed by atoms with Gasteiger partial charge in [0.1, 0.15) is 6.67 Å². The van der Waals surface area contributed by atoms with Crippen LogP contribution in [0.4, 0.5) is 4.39 Å². The lowest BCUT2D eigenvalue weighted by atomic mass is 9.33. The zero-order valence-corrected chi connectivity index (χ0v) is 35.0. The summed E-state index contributed by atoms with van der Waals surface area (Å²) in [6.07, 6.45) is 16.9. The summed E-state index contributed by atoms with van der Waals surface area (Å²) in [6.45, 7) is 24.4. The molecule has 1 saturated heterocycles. The van der Waals surface area contributed by atoms with E-state index >= 15 is 0 Å². The van der Waals surface area contributed by atoms with Crippen molar-refractivity contribution in [2.24, 2.45) is 62.6 Å². The number of nitrogens with zero attached hydrogens (tertiary/aromatic N) is 1. The van der Waals surface area contributed by atoms with Crippen LogP contribution in [0.25, 0.3) is 0 Å². The van der Waals surface area contributed by atoms with Crippen molar-refractivity contribution in [1.82, 2.24) is 10.2 Å². The highest BCUT2D eigenvalue weighted by Gasteiger charge is 2.70. The Morgan fingerprint density at radius 2 is 1.74 bits per heavy atom. The summed E-state index contributed by atoms with van der Waals surface area (Å²) in [5, 5.41) is 14.1. The quantitative estimate of drug-likeness (QED) is 0.241. The van der Waals surface area contributed by atoms with Crippen molar-refractivity contribution < 1.29 is 22.7 Å². The third kappa shape index (κ3) is 6.19. The maximum Gasteiger partial charge on any atom is 0.312 e. The van der Waals surface area contributed by atoms with Crippen LogP contribution in [0.1, 0.15) is 126 Å². The van der Waals surface area contributed by atoms with E-state index in [2.05, 4.69) is 77.4 Å². The molecule has 1 aliphatic heterocycles. The first-order chi connectivity index (χ1) is 24.8. The van der Waals surface area contributed by atoms with E-state index in [1.54, 1.807) is 0 Å². The Balaban J connectivity index is 1.13. The average Bonchev–Trinajstić information content (AvgIpc) is 3.40. The molecule has 1 heterocycles. The number of rotatable bonds is 8. The van der Waals surface area contributed by atoms with Crippen LogP contribution in [0.5, 0.6) is 0 Å². The fraction of sp³-hybridized carbons (Fsp3) is 0.844. The Hall–Kier alpha value is -1.51. The molecular weight excluding hydrogens is 684 g/mol. The number of alkyl halides is 1. The number of sulfone groups is 1. The second-order valence-corrected chi connectivity index (χ2v) is 23.2. The molecule has 0 aromatic heterocycles. The standard InChI is InChI=1S/C45H71FN2O4S/c1-30(2)33-13-20-45(47-23-24-48-25-26-53(51,52)28-31(3)27-48)22-21-42(7)35(38(33)45)9-10-37-41(6)16-14-34(40(4,5)36(41)15-17-43(37,42)8)32-11-18-44(29-46,19-12-32)39(49)50/h11,14,31,33,35-38,47H,1,9-10,12-13,15-29H2,2-8H3,(H,49,50)/t31?,33?,35-,36+,37-,38-,41+,42-,43-,44-,45+/m1/s1. The lowest BCUT2D eigenvalue weighted by Gasteiger charge is -2.72. The molecule has 0 spiro atoms. The van der Waals surface area contributed by atoms with Gasteiger partial charge in [-0.3, -0.25) is 4.79 Å². The van der Waals surface area contributed by atoms with Gasteiger partial charge in [0.2, 0.25) is 0 Å². The van der Waals surface area contributed by atoms with Gasteiger partial charge in [-0.25, -0.2) is 12.8 Å². The molecule has 7 aliphatic rings. The van der Waals surface area contributed by atoms with Crippen molar-refractivity contribution >= 4 is 15.8 Å². The Morgan fingerprint density at radius 1 is 0.981 bits per heavy atom. The lowest BCUT2D eigenvalue weighted by Crippen LogP contribution is -2.68. The van der Waals surface area contributed by atoms with Gasteiger partial charge in [0.15, 0.2) is 9.84 Å². The van der Waals surface area contributed by atoms with Crippen molar-refractivity contribution in [3.63, 3.8) is 0 Å². The third-order valence-electron chi connectivity index (χ3n) is 18.0. The van der Waals surface area contributed by atoms with Crippen LogP contribution < -0.4 is 5.32 Å². The summed E-state index contributed by atoms with van der Waals surface area (Å²) in [6, 6.07) is 0. The van der Waals surface area contributed by atoms with Gasteiger partial charge in [-0.15, -0.1) is 0 Å². The van der Waals surface area contributed by atoms with E-state index in [0.29, 0.717) is 54.7 Å². The number of fused-ring (bicyclic) bond motifs is 7. The molecule has 7 rings (SSSR count). The second kappa shape index (κ2) is 13.6. The number of aliphatic carboxylic acids is 1. The number of halogens is 1. The summed E-state index contributed by atoms with van der Waals surface area (Å²) in [5.41, 5.74) is 3.56. The minimum Gasteiger partial charge on any atom is -0.481 e. The van der Waals surface area contributed by atoms with Crippen LogP contribution in [0.2, 0.25) is 0 Å². The molecule has 0 radical (unpaired) electrons. The van der Waals surface area contributed by atoms with Crippen molar-refractivity contribution in [3.05, 3.63) is 35.5 Å². The Labute approximate surface area is 321 Å². The lowest BCUT2D eigenvalue weighted by molar-refractivity contribution is -0.221. The Kier molecular flexibility index (Phi) is 10.2. The summed E-state index contributed by atoms with van der Waals surface area (Å²) < 4.78 is 38.9. The number of carboxylic acid groups (broad SMARTS) is 1. The zero-order valence-electron chi connectivity index (χ0n) is 34.2. The maximum absolute atomic E-state index is 14.0. The zero-order chi connectivity index (χ0) is 38.4. The summed E-state index contributed by atoms with van der Waals surface area (Å²) in [4.78, 5) is 14.4. The van der Waals surface area contributed by atoms with Crippen LogP contribution in [-0.2, 0) is 14.6 Å². The second-order valence-electron chi connectivity index (χ2n) is 21.0. The number of hydrogen-bond acceptors (Lipinski definition) is 5. The van der Waals surface area contributed by atoms with E-state index in [1.165, 1.54) is 68.1 Å². The molecule has 11 atom stereocenters. The largest absolute Gasteiger partial charge is 0.481 e. The monoisotopic (exact) mass is 755 g/mol. The number of carbonyl (C=O) groups is 1. The highest BCUT2D eigenvalue weighted by atomic mass is 32.2. The van der Waals surface area contributed by atoms with E-state index in [9.17, 15) is 22.7 Å². The minimum absolute atomic E-state index is 0.0195. The summed E-state index contributed by atoms with van der Waals surface area (Å²) in [5.74, 6) is 2.75. The van der Waals surface area contributed by atoms with Crippen LogP contribution in [-0.4, -0.2) is 74.3 Å². The Bertz CT molecular complexity index is 1650. The fourth-order valence-corrected chi connectivity index (χ4v) is 16.8. The van der Waals surface area contributed by atoms with Gasteiger partial charge >= 0.3 is 5.97 Å². The molecule has 6 nitrogen and oxygen atoms in total. The molecule has 2 unspecified atom stereocenters. The average molecular weight is 755 g/mol. The SMILES string of the molecule is C=C(C)C1CC[C@]2(NCCN3CCS(=O)(=O)CC(C)C3)CC[C@]3(C)[C@H](CC[C@@H]4[C@@]5(C)CC=C(C6=CC[C@@](CF)(C(=O)O)CC6)C(C)(C)[C@@H]5CC[C@]43C)[C@@H]12. The van der Waals surface area contributed by atoms with Crippen LogP contribution in [0, 0.1) is 62.6 Å². The molecule has 53 heavy (non-hydrogen) atoms. The van der Waals surface area contributed by atoms with E-state index < -0.39 is 27.9 Å². The predicted molar refractivity (Wildman–Crippen MR) is 213 cm³/mol. The van der Waals surface area contributed by atoms with Gasteiger partial charge in [0.05, 0.1) is 16.9 Å². The highest BCUT2D eigenvalue weighted by Crippen LogP contribution is 2.76. The van der Waals surface area contributed by atoms with Gasteiger partial charge in [0, 0.05) is 31.7 Å². The molecule has 4 saturated carbocycles. The molecule has 0 aromatic rings. The molecular formula is C45H71FN2O4S. The summed E-state index contributed by atoms with van der Waals surface area (Å²) in [7, 11) is -2.96. The molecule has 0 bridgehead atoms. The van der Waals surface area contributed by atoms with Crippen molar-refractivity contribution in [3.8, 4) is 0 Å². The molecule has 2 N–H and O–H groups in total. The maximum atomic E-state index is 14.0. The van der Waals surface area contributed by atoms with E-state index in [4.69, 9.17) is 0 Å². The molecule has 0 aromatic carbocycles. The number of hydrogen-bond donors (Lipinski definition) is 2. The van der Waals surface area contributed by atoms with E-state index in [1.807, 2.05) is 0 Å². The molecule has 298 valence electrons. The first-order valence-electron chi connectivity index (χ1n) is 21.3. The van der Waals surface area contributed by atoms with Crippen molar-refractivity contribution in [2.75, 3.05) is 44.4 Å². The minimum atomic E-state index is -2.96. The van der Waals surface area contributed by atoms with Gasteiger partial charge in [0.25, 0.3) is 0 Å². The number of allylic oxidation sites excluding steroid dienone is 5. The smallest absolute Gasteiger partial charge is 0.312 e.